The normalized spacial score (nSPS) is 74.2. The molecule has 6 fully saturated rings. The molecule has 4 bridgehead atoms. The molecule has 98 valence electrons. The van der Waals surface area contributed by atoms with Gasteiger partial charge in [0.1, 0.15) is 6.10 Å². The highest BCUT2D eigenvalue weighted by molar-refractivity contribution is 5.21. The van der Waals surface area contributed by atoms with Crippen molar-refractivity contribution in [1.82, 2.24) is 0 Å². The Hall–Kier alpha value is -0.0800. The van der Waals surface area contributed by atoms with Gasteiger partial charge in [0, 0.05) is 0 Å². The van der Waals surface area contributed by atoms with Crippen molar-refractivity contribution in [3.05, 3.63) is 0 Å². The van der Waals surface area contributed by atoms with E-state index in [0.29, 0.717) is 11.5 Å². The van der Waals surface area contributed by atoms with Crippen molar-refractivity contribution in [3.8, 4) is 0 Å². The average Bonchev–Trinajstić information content (AvgIpc) is 2.73. The predicted octanol–water partition coefficient (Wildman–Crippen LogP) is 2.68. The molecule has 0 spiro atoms. The molecule has 10 unspecified atom stereocenters. The lowest BCUT2D eigenvalue weighted by Gasteiger charge is -2.49. The van der Waals surface area contributed by atoms with Crippen LogP contribution in [-0.4, -0.2) is 19.0 Å². The summed E-state index contributed by atoms with van der Waals surface area (Å²) in [5.74, 6) is 7.00. The molecule has 0 amide bonds. The third-order valence-electron chi connectivity index (χ3n) is 8.02. The molecule has 0 aromatic carbocycles. The summed E-state index contributed by atoms with van der Waals surface area (Å²) in [5.41, 5.74) is 0.608. The highest BCUT2D eigenvalue weighted by atomic mass is 16.8. The van der Waals surface area contributed by atoms with Crippen LogP contribution in [0.4, 0.5) is 0 Å². The summed E-state index contributed by atoms with van der Waals surface area (Å²) in [6.07, 6.45) is 6.84. The molecule has 2 nitrogen and oxygen atoms in total. The maximum Gasteiger partial charge on any atom is 0.184 e. The Labute approximate surface area is 108 Å². The number of epoxide rings is 1. The van der Waals surface area contributed by atoms with E-state index in [1.807, 2.05) is 0 Å². The number of ether oxygens (including phenoxy) is 2. The fourth-order valence-corrected chi connectivity index (χ4v) is 7.73. The van der Waals surface area contributed by atoms with Gasteiger partial charge in [0.05, 0.1) is 6.61 Å². The molecule has 0 aromatic heterocycles. The second-order valence-electron chi connectivity index (χ2n) is 8.30. The zero-order valence-corrected chi connectivity index (χ0v) is 11.0. The molecular formula is C16H22O2. The number of fused-ring (bicyclic) bond motifs is 14. The van der Waals surface area contributed by atoms with E-state index in [-0.39, 0.29) is 6.29 Å². The molecule has 2 heteroatoms. The van der Waals surface area contributed by atoms with E-state index in [1.54, 1.807) is 12.8 Å². The van der Waals surface area contributed by atoms with Gasteiger partial charge in [-0.1, -0.05) is 6.92 Å². The van der Waals surface area contributed by atoms with Gasteiger partial charge in [-0.2, -0.15) is 0 Å². The van der Waals surface area contributed by atoms with Crippen molar-refractivity contribution in [2.75, 3.05) is 6.61 Å². The van der Waals surface area contributed by atoms with Crippen LogP contribution in [0, 0.1) is 46.8 Å². The summed E-state index contributed by atoms with van der Waals surface area (Å²) in [6, 6.07) is 0. The highest BCUT2D eigenvalue weighted by Crippen LogP contribution is 2.77. The molecule has 0 N–H and O–H groups in total. The zero-order chi connectivity index (χ0) is 11.6. The lowest BCUT2D eigenvalue weighted by molar-refractivity contribution is -0.0779. The third-order valence-corrected chi connectivity index (χ3v) is 8.02. The fourth-order valence-electron chi connectivity index (χ4n) is 7.73. The zero-order valence-electron chi connectivity index (χ0n) is 11.0. The second kappa shape index (κ2) is 2.69. The molecule has 0 radical (unpaired) electrons. The fraction of sp³-hybridized carbons (Fsp3) is 1.00. The van der Waals surface area contributed by atoms with Crippen LogP contribution in [0.2, 0.25) is 0 Å². The van der Waals surface area contributed by atoms with Crippen LogP contribution in [0.15, 0.2) is 0 Å². The van der Waals surface area contributed by atoms with Crippen LogP contribution < -0.4 is 0 Å². The molecule has 18 heavy (non-hydrogen) atoms. The first-order chi connectivity index (χ1) is 8.77. The van der Waals surface area contributed by atoms with E-state index >= 15 is 0 Å². The first-order valence-electron chi connectivity index (χ1n) is 8.04. The maximum atomic E-state index is 5.89. The van der Waals surface area contributed by atoms with Crippen molar-refractivity contribution in [3.63, 3.8) is 0 Å². The minimum Gasteiger partial charge on any atom is -0.350 e. The number of rotatable bonds is 0. The minimum atomic E-state index is 0.200. The van der Waals surface area contributed by atoms with Crippen molar-refractivity contribution in [1.29, 1.82) is 0 Å². The van der Waals surface area contributed by atoms with Crippen molar-refractivity contribution in [2.45, 2.75) is 45.0 Å². The summed E-state index contributed by atoms with van der Waals surface area (Å²) in [7, 11) is 0. The Kier molecular flexibility index (Phi) is 1.46. The topological polar surface area (TPSA) is 21.8 Å². The van der Waals surface area contributed by atoms with E-state index < -0.39 is 0 Å². The second-order valence-corrected chi connectivity index (χ2v) is 8.30. The van der Waals surface area contributed by atoms with Crippen molar-refractivity contribution < 1.29 is 9.47 Å². The molecule has 2 saturated heterocycles. The molecule has 6 rings (SSSR count). The average molecular weight is 246 g/mol. The molecular weight excluding hydrogens is 224 g/mol. The number of hydrogen-bond donors (Lipinski definition) is 0. The predicted molar refractivity (Wildman–Crippen MR) is 65.6 cm³/mol. The van der Waals surface area contributed by atoms with E-state index in [0.717, 1.165) is 48.0 Å². The lowest BCUT2D eigenvalue weighted by Crippen LogP contribution is -2.48. The Morgan fingerprint density at radius 2 is 2.00 bits per heavy atom. The van der Waals surface area contributed by atoms with Crippen LogP contribution >= 0.6 is 0 Å². The molecule has 4 aliphatic carbocycles. The molecule has 4 saturated carbocycles. The van der Waals surface area contributed by atoms with Gasteiger partial charge >= 0.3 is 0 Å². The molecule has 0 aromatic rings. The SMILES string of the molecule is CC12CC(C3C4OC4OCC31)C1C3CCC(C3)C12. The van der Waals surface area contributed by atoms with Gasteiger partial charge in [-0.05, 0) is 72.5 Å². The van der Waals surface area contributed by atoms with Crippen LogP contribution in [0.3, 0.4) is 0 Å². The standard InChI is InChI=1S/C16H22O2/c1-16-5-9(11-7-2-3-8(4-7)13(11)16)12-10(16)6-17-15-14(12)18-15/h7-15H,2-6H2,1H3. The lowest BCUT2D eigenvalue weighted by atomic mass is 9.57. The van der Waals surface area contributed by atoms with Gasteiger partial charge in [-0.15, -0.1) is 0 Å². The smallest absolute Gasteiger partial charge is 0.184 e. The maximum absolute atomic E-state index is 5.89. The molecule has 2 heterocycles. The minimum absolute atomic E-state index is 0.200. The van der Waals surface area contributed by atoms with Crippen molar-refractivity contribution in [2.24, 2.45) is 46.8 Å². The summed E-state index contributed by atoms with van der Waals surface area (Å²) < 4.78 is 11.7. The quantitative estimate of drug-likeness (QED) is 0.484. The van der Waals surface area contributed by atoms with Gasteiger partial charge in [0.25, 0.3) is 0 Å². The summed E-state index contributed by atoms with van der Waals surface area (Å²) in [6.45, 7) is 3.61. The third kappa shape index (κ3) is 0.841. The summed E-state index contributed by atoms with van der Waals surface area (Å²) in [5, 5.41) is 0. The summed E-state index contributed by atoms with van der Waals surface area (Å²) >= 11 is 0. The monoisotopic (exact) mass is 246 g/mol. The van der Waals surface area contributed by atoms with Crippen LogP contribution in [0.5, 0.6) is 0 Å². The van der Waals surface area contributed by atoms with Crippen LogP contribution in [-0.2, 0) is 9.47 Å². The Morgan fingerprint density at radius 3 is 2.94 bits per heavy atom. The van der Waals surface area contributed by atoms with Crippen molar-refractivity contribution >= 4 is 0 Å². The molecule has 10 atom stereocenters. The Bertz CT molecular complexity index is 433. The highest BCUT2D eigenvalue weighted by Gasteiger charge is 2.75. The van der Waals surface area contributed by atoms with Crippen LogP contribution in [0.1, 0.15) is 32.6 Å². The molecule has 6 aliphatic rings. The van der Waals surface area contributed by atoms with E-state index in [1.165, 1.54) is 12.8 Å². The number of hydrogen-bond acceptors (Lipinski definition) is 2. The first-order valence-corrected chi connectivity index (χ1v) is 8.04. The largest absolute Gasteiger partial charge is 0.350 e. The van der Waals surface area contributed by atoms with Gasteiger partial charge in [0.15, 0.2) is 6.29 Å². The van der Waals surface area contributed by atoms with E-state index in [9.17, 15) is 0 Å². The Balaban J connectivity index is 1.49. The first kappa shape index (κ1) is 9.77. The Morgan fingerprint density at radius 1 is 1.11 bits per heavy atom. The van der Waals surface area contributed by atoms with Gasteiger partial charge in [-0.3, -0.25) is 0 Å². The summed E-state index contributed by atoms with van der Waals surface area (Å²) in [4.78, 5) is 0. The molecule has 2 aliphatic heterocycles. The van der Waals surface area contributed by atoms with Gasteiger partial charge in [-0.25, -0.2) is 0 Å². The van der Waals surface area contributed by atoms with E-state index in [4.69, 9.17) is 9.47 Å². The van der Waals surface area contributed by atoms with Gasteiger partial charge < -0.3 is 9.47 Å². The van der Waals surface area contributed by atoms with Crippen LogP contribution in [0.25, 0.3) is 0 Å². The van der Waals surface area contributed by atoms with E-state index in [2.05, 4.69) is 6.92 Å². The van der Waals surface area contributed by atoms with Gasteiger partial charge in [0.2, 0.25) is 0 Å².